The van der Waals surface area contributed by atoms with Gasteiger partial charge in [-0.25, -0.2) is 0 Å². The fourth-order valence-corrected chi connectivity index (χ4v) is 0.774. The second-order valence-corrected chi connectivity index (χ2v) is 2.06. The van der Waals surface area contributed by atoms with Gasteiger partial charge in [-0.15, -0.1) is 0 Å². The summed E-state index contributed by atoms with van der Waals surface area (Å²) in [6.45, 7) is 3.33. The Kier molecular flexibility index (Phi) is 1.83. The van der Waals surface area contributed by atoms with Crippen LogP contribution in [-0.4, -0.2) is 30.6 Å². The molecule has 48 valence electrons. The van der Waals surface area contributed by atoms with Crippen LogP contribution in [0.1, 0.15) is 6.92 Å². The van der Waals surface area contributed by atoms with Gasteiger partial charge in [0.1, 0.15) is 0 Å². The second kappa shape index (κ2) is 2.44. The molecule has 0 bridgehead atoms. The number of β-amino-alcohol motifs (C(OH)–C–C–N with tert-alkyl or cyclic N) is 1. The zero-order chi connectivity index (χ0) is 5.98. The first kappa shape index (κ1) is 6.01. The van der Waals surface area contributed by atoms with Crippen molar-refractivity contribution in [3.8, 4) is 0 Å². The lowest BCUT2D eigenvalue weighted by atomic mass is 10.3. The second-order valence-electron chi connectivity index (χ2n) is 2.06. The number of rotatable bonds is 0. The van der Waals surface area contributed by atoms with E-state index in [9.17, 15) is 0 Å². The third-order valence-corrected chi connectivity index (χ3v) is 1.14. The lowest BCUT2D eigenvalue weighted by molar-refractivity contribution is -0.145. The van der Waals surface area contributed by atoms with E-state index in [0.717, 1.165) is 6.54 Å². The molecule has 2 N–H and O–H groups in total. The molecule has 2 unspecified atom stereocenters. The fraction of sp³-hybridized carbons (Fsp3) is 1.00. The van der Waals surface area contributed by atoms with Crippen LogP contribution in [0.5, 0.6) is 0 Å². The van der Waals surface area contributed by atoms with Crippen molar-refractivity contribution in [3.63, 3.8) is 0 Å². The van der Waals surface area contributed by atoms with Gasteiger partial charge in [0.2, 0.25) is 0 Å². The maximum absolute atomic E-state index is 8.79. The van der Waals surface area contributed by atoms with Crippen molar-refractivity contribution >= 4 is 0 Å². The molecule has 3 heteroatoms. The molecule has 2 atom stereocenters. The lowest BCUT2D eigenvalue weighted by Crippen LogP contribution is -2.43. The normalized spacial score (nSPS) is 39.8. The maximum atomic E-state index is 8.79. The van der Waals surface area contributed by atoms with E-state index in [1.54, 1.807) is 0 Å². The molecule has 8 heavy (non-hydrogen) atoms. The predicted octanol–water partition coefficient (Wildman–Crippen LogP) is -0.687. The van der Waals surface area contributed by atoms with Gasteiger partial charge < -0.3 is 15.2 Å². The molecule has 0 spiro atoms. The van der Waals surface area contributed by atoms with Crippen molar-refractivity contribution in [2.45, 2.75) is 19.3 Å². The molecule has 0 aromatic rings. The summed E-state index contributed by atoms with van der Waals surface area (Å²) >= 11 is 0. The summed E-state index contributed by atoms with van der Waals surface area (Å²) in [7, 11) is 0. The van der Waals surface area contributed by atoms with Gasteiger partial charge in [0.15, 0.2) is 6.29 Å². The highest BCUT2D eigenvalue weighted by molar-refractivity contribution is 4.63. The number of aliphatic hydroxyl groups excluding tert-OH is 1. The summed E-state index contributed by atoms with van der Waals surface area (Å²) in [6, 6.07) is 0. The van der Waals surface area contributed by atoms with Crippen molar-refractivity contribution in [2.75, 3.05) is 13.1 Å². The zero-order valence-corrected chi connectivity index (χ0v) is 4.92. The summed E-state index contributed by atoms with van der Waals surface area (Å²) in [4.78, 5) is 0. The quantitative estimate of drug-likeness (QED) is 0.441. The molecule has 0 aromatic heterocycles. The SMILES string of the molecule is CC1CNCC(O)O1. The van der Waals surface area contributed by atoms with Crippen LogP contribution in [0.25, 0.3) is 0 Å². The Bertz CT molecular complexity index is 68.8. The van der Waals surface area contributed by atoms with Gasteiger partial charge in [0, 0.05) is 13.1 Å². The topological polar surface area (TPSA) is 41.5 Å². The Hall–Kier alpha value is -0.120. The Morgan fingerprint density at radius 1 is 1.62 bits per heavy atom. The average molecular weight is 117 g/mol. The van der Waals surface area contributed by atoms with Crippen LogP contribution in [0.15, 0.2) is 0 Å². The molecule has 1 rings (SSSR count). The molecular weight excluding hydrogens is 106 g/mol. The van der Waals surface area contributed by atoms with E-state index in [2.05, 4.69) is 5.32 Å². The number of morpholine rings is 1. The molecule has 0 radical (unpaired) electrons. The van der Waals surface area contributed by atoms with Crippen LogP contribution >= 0.6 is 0 Å². The Balaban J connectivity index is 2.23. The van der Waals surface area contributed by atoms with Crippen LogP contribution in [-0.2, 0) is 4.74 Å². The average Bonchev–Trinajstić information content (AvgIpc) is 1.64. The molecule has 1 aliphatic heterocycles. The van der Waals surface area contributed by atoms with Gasteiger partial charge in [-0.2, -0.15) is 0 Å². The van der Waals surface area contributed by atoms with Crippen molar-refractivity contribution in [1.82, 2.24) is 5.32 Å². The van der Waals surface area contributed by atoms with E-state index in [0.29, 0.717) is 6.54 Å². The smallest absolute Gasteiger partial charge is 0.167 e. The molecule has 1 saturated heterocycles. The highest BCUT2D eigenvalue weighted by atomic mass is 16.6. The molecule has 0 amide bonds. The summed E-state index contributed by atoms with van der Waals surface area (Å²) < 4.78 is 4.98. The van der Waals surface area contributed by atoms with E-state index in [1.165, 1.54) is 0 Å². The van der Waals surface area contributed by atoms with E-state index in [1.807, 2.05) is 6.92 Å². The Morgan fingerprint density at radius 2 is 2.38 bits per heavy atom. The molecule has 1 fully saturated rings. The fourth-order valence-electron chi connectivity index (χ4n) is 0.774. The largest absolute Gasteiger partial charge is 0.367 e. The van der Waals surface area contributed by atoms with Gasteiger partial charge in [0.05, 0.1) is 6.10 Å². The first-order valence-electron chi connectivity index (χ1n) is 2.83. The Morgan fingerprint density at radius 3 is 2.75 bits per heavy atom. The third-order valence-electron chi connectivity index (χ3n) is 1.14. The van der Waals surface area contributed by atoms with Gasteiger partial charge in [0.25, 0.3) is 0 Å². The zero-order valence-electron chi connectivity index (χ0n) is 4.92. The standard InChI is InChI=1S/C5H11NO2/c1-4-2-6-3-5(7)8-4/h4-7H,2-3H2,1H3. The van der Waals surface area contributed by atoms with Crippen LogP contribution in [0.2, 0.25) is 0 Å². The summed E-state index contributed by atoms with van der Waals surface area (Å²) in [6.07, 6.45) is -0.447. The number of ether oxygens (including phenoxy) is 1. The lowest BCUT2D eigenvalue weighted by Gasteiger charge is -2.24. The van der Waals surface area contributed by atoms with Gasteiger partial charge in [-0.1, -0.05) is 0 Å². The molecule has 1 aliphatic rings. The minimum atomic E-state index is -0.598. The van der Waals surface area contributed by atoms with Gasteiger partial charge in [-0.05, 0) is 6.92 Å². The molecular formula is C5H11NO2. The molecule has 0 aromatic carbocycles. The minimum Gasteiger partial charge on any atom is -0.367 e. The van der Waals surface area contributed by atoms with Gasteiger partial charge >= 0.3 is 0 Å². The highest BCUT2D eigenvalue weighted by Gasteiger charge is 2.14. The first-order valence-corrected chi connectivity index (χ1v) is 2.83. The highest BCUT2D eigenvalue weighted by Crippen LogP contribution is 1.98. The van der Waals surface area contributed by atoms with Crippen LogP contribution in [0.3, 0.4) is 0 Å². The summed E-state index contributed by atoms with van der Waals surface area (Å²) in [5, 5.41) is 11.8. The third kappa shape index (κ3) is 1.43. The maximum Gasteiger partial charge on any atom is 0.167 e. The van der Waals surface area contributed by atoms with Crippen LogP contribution < -0.4 is 5.32 Å². The first-order chi connectivity index (χ1) is 3.79. The predicted molar refractivity (Wildman–Crippen MR) is 29.4 cm³/mol. The Labute approximate surface area is 48.7 Å². The van der Waals surface area contributed by atoms with Crippen LogP contribution in [0.4, 0.5) is 0 Å². The molecule has 1 heterocycles. The summed E-state index contributed by atoms with van der Waals surface area (Å²) in [5.74, 6) is 0. The van der Waals surface area contributed by atoms with Gasteiger partial charge in [-0.3, -0.25) is 0 Å². The molecule has 0 saturated carbocycles. The number of hydrogen-bond acceptors (Lipinski definition) is 3. The monoisotopic (exact) mass is 117 g/mol. The van der Waals surface area contributed by atoms with E-state index in [-0.39, 0.29) is 6.10 Å². The summed E-state index contributed by atoms with van der Waals surface area (Å²) in [5.41, 5.74) is 0. The van der Waals surface area contributed by atoms with Crippen molar-refractivity contribution < 1.29 is 9.84 Å². The number of nitrogens with one attached hydrogen (secondary N) is 1. The number of hydrogen-bond donors (Lipinski definition) is 2. The number of aliphatic hydroxyl groups is 1. The van der Waals surface area contributed by atoms with E-state index >= 15 is 0 Å². The van der Waals surface area contributed by atoms with Crippen molar-refractivity contribution in [2.24, 2.45) is 0 Å². The minimum absolute atomic E-state index is 0.152. The van der Waals surface area contributed by atoms with E-state index < -0.39 is 6.29 Å². The van der Waals surface area contributed by atoms with Crippen molar-refractivity contribution in [1.29, 1.82) is 0 Å². The van der Waals surface area contributed by atoms with Crippen molar-refractivity contribution in [3.05, 3.63) is 0 Å². The molecule has 0 aliphatic carbocycles. The molecule has 3 nitrogen and oxygen atoms in total. The van der Waals surface area contributed by atoms with Crippen LogP contribution in [0, 0.1) is 0 Å². The van der Waals surface area contributed by atoms with E-state index in [4.69, 9.17) is 9.84 Å².